The van der Waals surface area contributed by atoms with Gasteiger partial charge in [-0.2, -0.15) is 4.31 Å². The van der Waals surface area contributed by atoms with E-state index in [9.17, 15) is 27.6 Å². The molecule has 3 amide bonds. The van der Waals surface area contributed by atoms with Gasteiger partial charge in [0.15, 0.2) is 5.75 Å². The number of nitrogens with zero attached hydrogens (tertiary/aromatic N) is 3. The number of hydrogen-bond acceptors (Lipinski definition) is 9. The Morgan fingerprint density at radius 2 is 1.26 bits per heavy atom. The molecule has 0 saturated carbocycles. The monoisotopic (exact) mass is 595 g/mol. The van der Waals surface area contributed by atoms with E-state index < -0.39 is 33.9 Å². The number of carbonyl (C=O) groups is 4. The summed E-state index contributed by atoms with van der Waals surface area (Å²) in [6.07, 6.45) is -1.33. The zero-order valence-corrected chi connectivity index (χ0v) is 23.1. The van der Waals surface area contributed by atoms with Crippen LogP contribution in [0, 0.1) is 0 Å². The van der Waals surface area contributed by atoms with E-state index in [1.54, 1.807) is 66.7 Å². The van der Waals surface area contributed by atoms with Crippen LogP contribution < -0.4 is 9.04 Å². The first kappa shape index (κ1) is 27.5. The van der Waals surface area contributed by atoms with E-state index in [2.05, 4.69) is 4.98 Å². The molecule has 0 unspecified atom stereocenters. The molecule has 1 aliphatic rings. The van der Waals surface area contributed by atoms with Gasteiger partial charge in [-0.1, -0.05) is 42.5 Å². The van der Waals surface area contributed by atoms with E-state index in [0.717, 1.165) is 24.3 Å². The van der Waals surface area contributed by atoms with Crippen molar-refractivity contribution in [2.45, 2.75) is 17.7 Å². The molecule has 6 rings (SSSR count). The summed E-state index contributed by atoms with van der Waals surface area (Å²) >= 11 is 0. The third-order valence-corrected chi connectivity index (χ3v) is 8.40. The molecule has 0 radical (unpaired) electrons. The normalized spacial score (nSPS) is 13.3. The molecule has 214 valence electrons. The van der Waals surface area contributed by atoms with Crippen LogP contribution >= 0.6 is 0 Å². The predicted molar refractivity (Wildman–Crippen MR) is 154 cm³/mol. The summed E-state index contributed by atoms with van der Waals surface area (Å²) in [6.45, 7) is 0. The zero-order chi connectivity index (χ0) is 30.1. The summed E-state index contributed by atoms with van der Waals surface area (Å²) in [6, 6.07) is 26.3. The first-order valence-electron chi connectivity index (χ1n) is 13.0. The predicted octanol–water partition coefficient (Wildman–Crippen LogP) is 5.00. The van der Waals surface area contributed by atoms with Crippen molar-refractivity contribution in [3.63, 3.8) is 0 Å². The molecule has 5 aromatic rings. The van der Waals surface area contributed by atoms with Gasteiger partial charge in [-0.05, 0) is 60.7 Å². The smallest absolute Gasteiger partial charge is 0.408 e. The lowest BCUT2D eigenvalue weighted by Gasteiger charge is -2.23. The standard InChI is InChI=1S/C31H21N3O8S/c35-27-18-19-28(36)33(27)42-30(37)20-14-16-22(17-15-20)43(39,40)34(21-8-2-1-3-9-21)31(38)41-29-23-10-4-6-12-25(23)32-26-13-7-5-11-24(26)29/h1-17H,18-19H2. The number of fused-ring (bicyclic) bond motifs is 2. The molecule has 1 aliphatic heterocycles. The van der Waals surface area contributed by atoms with Gasteiger partial charge in [0.1, 0.15) is 0 Å². The first-order chi connectivity index (χ1) is 20.7. The van der Waals surface area contributed by atoms with Crippen molar-refractivity contribution >= 4 is 61.4 Å². The Balaban J connectivity index is 1.35. The lowest BCUT2D eigenvalue weighted by Crippen LogP contribution is -2.39. The van der Waals surface area contributed by atoms with Crippen molar-refractivity contribution in [3.8, 4) is 5.75 Å². The average molecular weight is 596 g/mol. The van der Waals surface area contributed by atoms with Crippen LogP contribution in [-0.2, 0) is 24.4 Å². The number of hydroxylamine groups is 2. The molecule has 0 bridgehead atoms. The number of ether oxygens (including phenoxy) is 1. The second-order valence-electron chi connectivity index (χ2n) is 9.43. The first-order valence-corrected chi connectivity index (χ1v) is 14.5. The highest BCUT2D eigenvalue weighted by molar-refractivity contribution is 7.93. The summed E-state index contributed by atoms with van der Waals surface area (Å²) in [4.78, 5) is 59.1. The van der Waals surface area contributed by atoms with Gasteiger partial charge in [0.25, 0.3) is 21.8 Å². The van der Waals surface area contributed by atoms with Crippen molar-refractivity contribution in [2.24, 2.45) is 0 Å². The van der Waals surface area contributed by atoms with Gasteiger partial charge in [0.2, 0.25) is 0 Å². The van der Waals surface area contributed by atoms with Gasteiger partial charge in [-0.15, -0.1) is 5.06 Å². The Morgan fingerprint density at radius 1 is 0.721 bits per heavy atom. The van der Waals surface area contributed by atoms with E-state index >= 15 is 0 Å². The van der Waals surface area contributed by atoms with Crippen molar-refractivity contribution in [1.82, 2.24) is 10.0 Å². The number of amides is 3. The maximum absolute atomic E-state index is 13.9. The summed E-state index contributed by atoms with van der Waals surface area (Å²) < 4.78 is 34.3. The van der Waals surface area contributed by atoms with E-state index in [1.165, 1.54) is 12.1 Å². The van der Waals surface area contributed by atoms with Crippen molar-refractivity contribution in [1.29, 1.82) is 0 Å². The number of imide groups is 1. The number of anilines is 1. The minimum atomic E-state index is -4.59. The molecule has 2 heterocycles. The quantitative estimate of drug-likeness (QED) is 0.196. The van der Waals surface area contributed by atoms with Crippen molar-refractivity contribution in [3.05, 3.63) is 109 Å². The molecule has 12 heteroatoms. The van der Waals surface area contributed by atoms with E-state index in [0.29, 0.717) is 31.2 Å². The molecule has 11 nitrogen and oxygen atoms in total. The summed E-state index contributed by atoms with van der Waals surface area (Å²) in [5.74, 6) is -2.18. The largest absolute Gasteiger partial charge is 0.434 e. The molecule has 43 heavy (non-hydrogen) atoms. The van der Waals surface area contributed by atoms with Crippen LogP contribution in [0.4, 0.5) is 10.5 Å². The van der Waals surface area contributed by atoms with Crippen LogP contribution in [0.25, 0.3) is 21.8 Å². The fraction of sp³-hybridized carbons (Fsp3) is 0.0645. The van der Waals surface area contributed by atoms with Gasteiger partial charge in [0.05, 0.1) is 27.2 Å². The summed E-state index contributed by atoms with van der Waals surface area (Å²) in [7, 11) is -4.59. The van der Waals surface area contributed by atoms with Gasteiger partial charge in [-0.25, -0.2) is 23.0 Å². The highest BCUT2D eigenvalue weighted by Crippen LogP contribution is 2.34. The van der Waals surface area contributed by atoms with E-state index in [1.807, 2.05) is 0 Å². The Bertz CT molecular complexity index is 1960. The lowest BCUT2D eigenvalue weighted by atomic mass is 10.1. The molecule has 0 atom stereocenters. The summed E-state index contributed by atoms with van der Waals surface area (Å²) in [5.41, 5.74) is 1.01. The average Bonchev–Trinajstić information content (AvgIpc) is 3.33. The third kappa shape index (κ3) is 5.15. The highest BCUT2D eigenvalue weighted by Gasteiger charge is 2.35. The zero-order valence-electron chi connectivity index (χ0n) is 22.2. The van der Waals surface area contributed by atoms with Crippen LogP contribution in [0.15, 0.2) is 108 Å². The lowest BCUT2D eigenvalue weighted by molar-refractivity contribution is -0.172. The second kappa shape index (κ2) is 11.0. The van der Waals surface area contributed by atoms with Gasteiger partial charge < -0.3 is 9.57 Å². The minimum Gasteiger partial charge on any atom is -0.408 e. The molecule has 4 aromatic carbocycles. The molecular formula is C31H21N3O8S. The number of rotatable bonds is 6. The molecule has 1 aromatic heterocycles. The number of pyridine rings is 1. The van der Waals surface area contributed by atoms with Gasteiger partial charge in [0, 0.05) is 23.6 Å². The molecule has 0 N–H and O–H groups in total. The molecule has 1 saturated heterocycles. The fourth-order valence-electron chi connectivity index (χ4n) is 4.61. The second-order valence-corrected chi connectivity index (χ2v) is 11.2. The van der Waals surface area contributed by atoms with E-state index in [-0.39, 0.29) is 34.7 Å². The fourth-order valence-corrected chi connectivity index (χ4v) is 5.93. The Hall–Kier alpha value is -5.62. The van der Waals surface area contributed by atoms with Crippen molar-refractivity contribution < 1.29 is 37.2 Å². The number of hydrogen-bond donors (Lipinski definition) is 0. The molecule has 0 aliphatic carbocycles. The molecule has 1 fully saturated rings. The Kier molecular flexibility index (Phi) is 7.04. The molecular weight excluding hydrogens is 574 g/mol. The van der Waals surface area contributed by atoms with Crippen LogP contribution in [0.1, 0.15) is 23.2 Å². The van der Waals surface area contributed by atoms with Gasteiger partial charge >= 0.3 is 12.1 Å². The third-order valence-electron chi connectivity index (χ3n) is 6.69. The Labute approximate surface area is 244 Å². The van der Waals surface area contributed by atoms with E-state index in [4.69, 9.17) is 9.57 Å². The van der Waals surface area contributed by atoms with Crippen LogP contribution in [0.5, 0.6) is 5.75 Å². The summed E-state index contributed by atoms with van der Waals surface area (Å²) in [5, 5.41) is 1.42. The molecule has 0 spiro atoms. The van der Waals surface area contributed by atoms with Crippen LogP contribution in [-0.4, -0.2) is 42.3 Å². The topological polar surface area (TPSA) is 140 Å². The minimum absolute atomic E-state index is 0.0183. The van der Waals surface area contributed by atoms with Crippen LogP contribution in [0.2, 0.25) is 0 Å². The maximum atomic E-state index is 13.9. The number of benzene rings is 4. The van der Waals surface area contributed by atoms with Gasteiger partial charge in [-0.3, -0.25) is 9.59 Å². The highest BCUT2D eigenvalue weighted by atomic mass is 32.2. The Morgan fingerprint density at radius 3 is 1.84 bits per heavy atom. The number of sulfonamides is 1. The number of aromatic nitrogens is 1. The number of carbonyl (C=O) groups excluding carboxylic acids is 4. The van der Waals surface area contributed by atoms with Crippen LogP contribution in [0.3, 0.4) is 0 Å². The SMILES string of the molecule is O=C(ON1C(=O)CCC1=O)c1ccc(S(=O)(=O)N(C(=O)Oc2c3ccccc3nc3ccccc23)c2ccccc2)cc1. The maximum Gasteiger partial charge on any atom is 0.434 e. The van der Waals surface area contributed by atoms with Crippen molar-refractivity contribution in [2.75, 3.05) is 4.31 Å². The number of para-hydroxylation sites is 3.